The number of ether oxygens (including phenoxy) is 1. The van der Waals surface area contributed by atoms with Crippen LogP contribution in [0.1, 0.15) is 39.5 Å². The molecule has 0 spiro atoms. The first-order chi connectivity index (χ1) is 17.5. The van der Waals surface area contributed by atoms with E-state index in [-0.39, 0.29) is 5.03 Å². The van der Waals surface area contributed by atoms with Crippen LogP contribution in [0.3, 0.4) is 0 Å². The quantitative estimate of drug-likeness (QED) is 0.542. The van der Waals surface area contributed by atoms with Crippen molar-refractivity contribution in [2.45, 2.75) is 56.3 Å². The summed E-state index contributed by atoms with van der Waals surface area (Å²) in [4.78, 5) is 21.6. The second-order valence-corrected chi connectivity index (χ2v) is 12.8. The van der Waals surface area contributed by atoms with Crippen LogP contribution in [-0.4, -0.2) is 62.3 Å². The number of sulfonamides is 1. The first kappa shape index (κ1) is 26.1. The van der Waals surface area contributed by atoms with Crippen molar-refractivity contribution in [2.24, 2.45) is 11.8 Å². The molecule has 3 fully saturated rings. The Kier molecular flexibility index (Phi) is 7.02. The molecule has 1 saturated carbocycles. The Hall–Kier alpha value is -2.56. The number of β-amino-alcohol motifs (C(OH)–C–C–N with tert-alkyl or cyclic N) is 1. The molecule has 2 unspecified atom stereocenters. The van der Waals surface area contributed by atoms with Gasteiger partial charge >= 0.3 is 0 Å². The number of aliphatic hydroxyl groups is 1. The maximum absolute atomic E-state index is 13.2. The maximum atomic E-state index is 13.2. The molecule has 3 atom stereocenters. The van der Waals surface area contributed by atoms with Crippen LogP contribution >= 0.6 is 11.6 Å². The van der Waals surface area contributed by atoms with E-state index in [1.807, 2.05) is 11.0 Å². The van der Waals surface area contributed by atoms with Gasteiger partial charge in [0.2, 0.25) is 0 Å². The molecule has 11 heteroatoms. The highest BCUT2D eigenvalue weighted by Gasteiger charge is 2.54. The topological polar surface area (TPSA) is 112 Å². The summed E-state index contributed by atoms with van der Waals surface area (Å²) in [5, 5.41) is 10.0. The van der Waals surface area contributed by atoms with Crippen LogP contribution in [0.2, 0.25) is 5.02 Å². The summed E-state index contributed by atoms with van der Waals surface area (Å²) >= 11 is 6.28. The van der Waals surface area contributed by atoms with E-state index in [0.717, 1.165) is 25.2 Å². The second-order valence-electron chi connectivity index (χ2n) is 10.7. The van der Waals surface area contributed by atoms with E-state index in [9.17, 15) is 18.3 Å². The van der Waals surface area contributed by atoms with Crippen molar-refractivity contribution in [3.05, 3.63) is 41.4 Å². The molecule has 1 aliphatic carbocycles. The van der Waals surface area contributed by atoms with E-state index < -0.39 is 27.6 Å². The molecule has 0 bridgehead atoms. The van der Waals surface area contributed by atoms with Gasteiger partial charge in [0.25, 0.3) is 15.9 Å². The van der Waals surface area contributed by atoms with Gasteiger partial charge in [-0.2, -0.15) is 8.42 Å². The number of pyridine rings is 1. The summed E-state index contributed by atoms with van der Waals surface area (Å²) in [6.45, 7) is 7.13. The van der Waals surface area contributed by atoms with Gasteiger partial charge in [0.15, 0.2) is 10.6 Å². The number of amides is 1. The normalized spacial score (nSPS) is 25.1. The summed E-state index contributed by atoms with van der Waals surface area (Å²) in [7, 11) is -4.23. The maximum Gasteiger partial charge on any atom is 0.281 e. The Balaban J connectivity index is 1.34. The molecule has 2 aromatic rings. The minimum absolute atomic E-state index is 0.254. The zero-order valence-electron chi connectivity index (χ0n) is 21.1. The summed E-state index contributed by atoms with van der Waals surface area (Å²) in [5.74, 6) is 1.23. The number of aromatic nitrogens is 1. The molecule has 3 heterocycles. The summed E-state index contributed by atoms with van der Waals surface area (Å²) in [6.07, 6.45) is 2.06. The molecular weight excluding hydrogens is 516 g/mol. The molecule has 37 heavy (non-hydrogen) atoms. The Morgan fingerprint density at radius 2 is 1.86 bits per heavy atom. The predicted octanol–water partition coefficient (Wildman–Crippen LogP) is 3.20. The molecule has 5 rings (SSSR count). The zero-order chi connectivity index (χ0) is 26.4. The summed E-state index contributed by atoms with van der Waals surface area (Å²) in [6, 6.07) is 10.0. The van der Waals surface area contributed by atoms with Crippen LogP contribution in [0.15, 0.2) is 41.4 Å². The third kappa shape index (κ3) is 5.66. The predicted molar refractivity (Wildman–Crippen MR) is 142 cm³/mol. The van der Waals surface area contributed by atoms with Gasteiger partial charge in [0, 0.05) is 50.1 Å². The molecule has 9 nitrogen and oxygen atoms in total. The van der Waals surface area contributed by atoms with E-state index in [1.165, 1.54) is 6.07 Å². The van der Waals surface area contributed by atoms with Crippen LogP contribution in [0.25, 0.3) is 0 Å². The van der Waals surface area contributed by atoms with Gasteiger partial charge in [0.1, 0.15) is 11.6 Å². The Labute approximate surface area is 222 Å². The number of halogens is 1. The van der Waals surface area contributed by atoms with Crippen LogP contribution in [0, 0.1) is 11.8 Å². The fourth-order valence-electron chi connectivity index (χ4n) is 5.34. The molecule has 3 aliphatic rings. The number of carbonyl (C=O) groups excluding carboxylic acids is 1. The Morgan fingerprint density at radius 3 is 2.51 bits per heavy atom. The minimum atomic E-state index is -4.23. The molecule has 1 amide bonds. The van der Waals surface area contributed by atoms with Crippen LogP contribution in [0.4, 0.5) is 11.5 Å². The van der Waals surface area contributed by atoms with Gasteiger partial charge in [-0.1, -0.05) is 31.5 Å². The van der Waals surface area contributed by atoms with E-state index in [1.54, 1.807) is 24.3 Å². The molecular formula is C26H33ClN4O5S. The fourth-order valence-corrected chi connectivity index (χ4v) is 6.51. The van der Waals surface area contributed by atoms with Gasteiger partial charge in [-0.3, -0.25) is 4.79 Å². The number of carbonyl (C=O) groups is 1. The summed E-state index contributed by atoms with van der Waals surface area (Å²) in [5.41, 5.74) is -0.428. The molecule has 1 aromatic carbocycles. The lowest BCUT2D eigenvalue weighted by atomic mass is 9.91. The number of benzene rings is 1. The van der Waals surface area contributed by atoms with E-state index >= 15 is 0 Å². The average Bonchev–Trinajstić information content (AvgIpc) is 3.49. The van der Waals surface area contributed by atoms with Crippen LogP contribution in [0.5, 0.6) is 5.75 Å². The molecule has 2 saturated heterocycles. The number of rotatable bonds is 7. The van der Waals surface area contributed by atoms with Crippen molar-refractivity contribution in [1.82, 2.24) is 9.71 Å². The zero-order valence-corrected chi connectivity index (χ0v) is 22.6. The SMILES string of the molecule is CC1CC(C)CN(c2ccc(Cl)cc2OC2(C(=O)NS(=O)(=O)c3cccc(N4CC[C@H](O)C4)n3)CC2)C1. The fraction of sp³-hybridized carbons (Fsp3) is 0.538. The number of aliphatic hydroxyl groups excluding tert-OH is 1. The highest BCUT2D eigenvalue weighted by molar-refractivity contribution is 7.90. The third-order valence-corrected chi connectivity index (χ3v) is 8.72. The Morgan fingerprint density at radius 1 is 1.14 bits per heavy atom. The van der Waals surface area contributed by atoms with Crippen LogP contribution < -0.4 is 19.3 Å². The minimum Gasteiger partial charge on any atom is -0.475 e. The summed E-state index contributed by atoms with van der Waals surface area (Å²) < 4.78 is 34.6. The largest absolute Gasteiger partial charge is 0.475 e. The van der Waals surface area contributed by atoms with Gasteiger partial charge in [-0.25, -0.2) is 9.71 Å². The number of hydrogen-bond acceptors (Lipinski definition) is 8. The lowest BCUT2D eigenvalue weighted by Crippen LogP contribution is -2.44. The van der Waals surface area contributed by atoms with Crippen molar-refractivity contribution in [3.63, 3.8) is 0 Å². The number of nitrogens with one attached hydrogen (secondary N) is 1. The molecule has 2 aliphatic heterocycles. The molecule has 1 aromatic heterocycles. The highest BCUT2D eigenvalue weighted by Crippen LogP contribution is 2.45. The number of hydrogen-bond donors (Lipinski definition) is 2. The van der Waals surface area contributed by atoms with E-state index in [0.29, 0.717) is 60.8 Å². The van der Waals surface area contributed by atoms with Crippen molar-refractivity contribution >= 4 is 39.0 Å². The second kappa shape index (κ2) is 9.96. The van der Waals surface area contributed by atoms with Gasteiger partial charge in [-0.05, 0) is 48.9 Å². The highest BCUT2D eigenvalue weighted by atomic mass is 35.5. The van der Waals surface area contributed by atoms with Crippen LogP contribution in [-0.2, 0) is 14.8 Å². The van der Waals surface area contributed by atoms with Crippen molar-refractivity contribution in [1.29, 1.82) is 0 Å². The first-order valence-corrected chi connectivity index (χ1v) is 14.6. The van der Waals surface area contributed by atoms with E-state index in [4.69, 9.17) is 16.3 Å². The smallest absolute Gasteiger partial charge is 0.281 e. The average molecular weight is 549 g/mol. The Bertz CT molecular complexity index is 1280. The lowest BCUT2D eigenvalue weighted by molar-refractivity contribution is -0.127. The van der Waals surface area contributed by atoms with Gasteiger partial charge < -0.3 is 19.6 Å². The first-order valence-electron chi connectivity index (χ1n) is 12.8. The standard InChI is InChI=1S/C26H33ClN4O5S/c1-17-12-18(2)15-31(14-17)21-7-6-19(27)13-22(21)36-26(9-10-26)25(33)29-37(34,35)24-5-3-4-23(28-24)30-11-8-20(32)16-30/h3-7,13,17-18,20,32H,8-12,14-16H2,1-2H3,(H,29,33)/t17?,18?,20-/m0/s1. The molecule has 2 N–H and O–H groups in total. The number of nitrogens with zero attached hydrogens (tertiary/aromatic N) is 3. The lowest BCUT2D eigenvalue weighted by Gasteiger charge is -2.37. The van der Waals surface area contributed by atoms with Gasteiger partial charge in [0.05, 0.1) is 11.8 Å². The molecule has 0 radical (unpaired) electrons. The monoisotopic (exact) mass is 548 g/mol. The van der Waals surface area contributed by atoms with Crippen molar-refractivity contribution in [2.75, 3.05) is 36.0 Å². The van der Waals surface area contributed by atoms with E-state index in [2.05, 4.69) is 28.5 Å². The van der Waals surface area contributed by atoms with Crippen molar-refractivity contribution < 1.29 is 23.1 Å². The number of anilines is 2. The van der Waals surface area contributed by atoms with Crippen molar-refractivity contribution in [3.8, 4) is 5.75 Å². The van der Waals surface area contributed by atoms with Gasteiger partial charge in [-0.15, -0.1) is 0 Å². The third-order valence-electron chi connectivity index (χ3n) is 7.25. The number of piperidine rings is 1. The molecule has 200 valence electrons.